The van der Waals surface area contributed by atoms with Gasteiger partial charge in [0.25, 0.3) is 5.91 Å². The number of carbonyl (C=O) groups is 2. The highest BCUT2D eigenvalue weighted by Crippen LogP contribution is 2.29. The number of amides is 1. The van der Waals surface area contributed by atoms with Crippen molar-refractivity contribution in [3.05, 3.63) is 64.6 Å². The van der Waals surface area contributed by atoms with Gasteiger partial charge < -0.3 is 15.8 Å². The lowest BCUT2D eigenvalue weighted by atomic mass is 9.92. The number of Topliss-reactive ketones (excluding diaryl/α,β-unsaturated/α-hetero) is 1. The average Bonchev–Trinajstić information content (AvgIpc) is 3.51. The molecule has 7 nitrogen and oxygen atoms in total. The van der Waals surface area contributed by atoms with E-state index in [2.05, 4.69) is 24.3 Å². The van der Waals surface area contributed by atoms with E-state index in [0.717, 1.165) is 37.0 Å². The van der Waals surface area contributed by atoms with E-state index in [-0.39, 0.29) is 29.5 Å². The Morgan fingerprint density at radius 2 is 2.09 bits per heavy atom. The van der Waals surface area contributed by atoms with Gasteiger partial charge in [-0.15, -0.1) is 0 Å². The van der Waals surface area contributed by atoms with Crippen molar-refractivity contribution in [2.75, 3.05) is 12.3 Å². The van der Waals surface area contributed by atoms with Gasteiger partial charge in [0.1, 0.15) is 5.82 Å². The van der Waals surface area contributed by atoms with Crippen LogP contribution in [0.5, 0.6) is 0 Å². The molecule has 0 saturated heterocycles. The zero-order chi connectivity index (χ0) is 22.8. The zero-order valence-electron chi connectivity index (χ0n) is 18.9. The molecule has 0 aliphatic heterocycles. The summed E-state index contributed by atoms with van der Waals surface area (Å²) in [6.45, 7) is 6.66. The number of ether oxygens (including phenoxy) is 1. The van der Waals surface area contributed by atoms with Crippen molar-refractivity contribution < 1.29 is 14.3 Å². The predicted octanol–water partition coefficient (Wildman–Crippen LogP) is 4.11. The number of nitrogens with one attached hydrogen (secondary N) is 1. The van der Waals surface area contributed by atoms with Crippen LogP contribution in [0.4, 0.5) is 5.82 Å². The Hall–Kier alpha value is -3.35. The number of hydrogen-bond donors (Lipinski definition) is 2. The Morgan fingerprint density at radius 3 is 2.81 bits per heavy atom. The largest absolute Gasteiger partial charge is 0.498 e. The molecule has 1 saturated carbocycles. The van der Waals surface area contributed by atoms with Crippen LogP contribution in [0.25, 0.3) is 5.69 Å². The number of anilines is 1. The number of rotatable bonds is 8. The van der Waals surface area contributed by atoms with Crippen LogP contribution in [0, 0.1) is 12.8 Å². The Morgan fingerprint density at radius 1 is 1.31 bits per heavy atom. The molecule has 7 heteroatoms. The monoisotopic (exact) mass is 434 g/mol. The topological polar surface area (TPSA) is 99.2 Å². The number of aromatic nitrogens is 2. The van der Waals surface area contributed by atoms with Gasteiger partial charge >= 0.3 is 0 Å². The Kier molecular flexibility index (Phi) is 6.17. The molecule has 3 N–H and O–H groups in total. The number of carbonyl (C=O) groups excluding carboxylic acids is 2. The molecule has 0 spiro atoms. The van der Waals surface area contributed by atoms with Crippen LogP contribution in [0.1, 0.15) is 65.8 Å². The Balaban J connectivity index is 1.61. The maximum absolute atomic E-state index is 13.3. The highest BCUT2D eigenvalue weighted by molar-refractivity contribution is 6.13. The van der Waals surface area contributed by atoms with Crippen LogP contribution in [-0.4, -0.2) is 34.1 Å². The molecule has 1 aromatic carbocycles. The minimum Gasteiger partial charge on any atom is -0.498 e. The summed E-state index contributed by atoms with van der Waals surface area (Å²) in [7, 11) is 0. The fourth-order valence-corrected chi connectivity index (χ4v) is 3.79. The van der Waals surface area contributed by atoms with Crippen molar-refractivity contribution in [3.63, 3.8) is 0 Å². The van der Waals surface area contributed by atoms with E-state index < -0.39 is 0 Å². The third kappa shape index (κ3) is 4.61. The molecule has 168 valence electrons. The van der Waals surface area contributed by atoms with Crippen LogP contribution in [-0.2, 0) is 4.74 Å². The number of nitrogen functional groups attached to an aromatic ring is 1. The summed E-state index contributed by atoms with van der Waals surface area (Å²) in [6.07, 6.45) is 8.99. The lowest BCUT2D eigenvalue weighted by Crippen LogP contribution is -2.25. The normalized spacial score (nSPS) is 18.0. The standard InChI is InChI=1S/C25H30N4O3/c1-4-9-32-20-11-15(2)10-18(12-20)23(30)21-14-27-29(24(21)26)22-13-17(6-5-16(22)3)25(31)28-19-7-8-19/h5-6,10,12-15,19H,4,7-9,11,26H2,1-3H3,(H,28,31). The molecule has 1 aromatic heterocycles. The van der Waals surface area contributed by atoms with Crippen molar-refractivity contribution in [3.8, 4) is 5.69 Å². The Labute approximate surface area is 188 Å². The van der Waals surface area contributed by atoms with Gasteiger partial charge in [0.15, 0.2) is 5.78 Å². The van der Waals surface area contributed by atoms with E-state index in [9.17, 15) is 9.59 Å². The van der Waals surface area contributed by atoms with Crippen molar-refractivity contribution in [2.45, 2.75) is 52.5 Å². The Bertz CT molecular complexity index is 1110. The maximum Gasteiger partial charge on any atom is 0.251 e. The third-order valence-electron chi connectivity index (χ3n) is 5.72. The first kappa shape index (κ1) is 21.9. The van der Waals surface area contributed by atoms with Gasteiger partial charge in [-0.1, -0.05) is 26.0 Å². The fraction of sp³-hybridized carbons (Fsp3) is 0.400. The van der Waals surface area contributed by atoms with Gasteiger partial charge in [-0.05, 0) is 55.9 Å². The number of aryl methyl sites for hydroxylation is 1. The second-order valence-corrected chi connectivity index (χ2v) is 8.70. The van der Waals surface area contributed by atoms with E-state index in [1.807, 2.05) is 25.1 Å². The zero-order valence-corrected chi connectivity index (χ0v) is 18.9. The molecule has 1 fully saturated rings. The maximum atomic E-state index is 13.3. The van der Waals surface area contributed by atoms with Gasteiger partial charge in [-0.2, -0.15) is 5.10 Å². The summed E-state index contributed by atoms with van der Waals surface area (Å²) in [5.41, 5.74) is 9.41. The second kappa shape index (κ2) is 9.02. The molecule has 2 aromatic rings. The van der Waals surface area contributed by atoms with Gasteiger partial charge in [-0.25, -0.2) is 4.68 Å². The molecule has 1 atom stereocenters. The number of ketones is 1. The molecule has 2 aliphatic rings. The van der Waals surface area contributed by atoms with Crippen molar-refractivity contribution >= 4 is 17.5 Å². The number of nitrogens with two attached hydrogens (primary N) is 1. The minimum atomic E-state index is -0.182. The number of benzene rings is 1. The van der Waals surface area contributed by atoms with E-state index in [1.165, 1.54) is 10.9 Å². The van der Waals surface area contributed by atoms with E-state index in [4.69, 9.17) is 10.5 Å². The average molecular weight is 435 g/mol. The van der Waals surface area contributed by atoms with E-state index in [1.54, 1.807) is 12.1 Å². The summed E-state index contributed by atoms with van der Waals surface area (Å²) in [6, 6.07) is 5.70. The molecule has 1 heterocycles. The summed E-state index contributed by atoms with van der Waals surface area (Å²) in [5, 5.41) is 7.38. The quantitative estimate of drug-likeness (QED) is 0.609. The van der Waals surface area contributed by atoms with Crippen molar-refractivity contribution in [2.24, 2.45) is 5.92 Å². The minimum absolute atomic E-state index is 0.109. The molecule has 2 aliphatic carbocycles. The van der Waals surface area contributed by atoms with Gasteiger partial charge in [0.05, 0.1) is 29.8 Å². The van der Waals surface area contributed by atoms with Crippen LogP contribution in [0.15, 0.2) is 47.9 Å². The van der Waals surface area contributed by atoms with Crippen molar-refractivity contribution in [1.82, 2.24) is 15.1 Å². The summed E-state index contributed by atoms with van der Waals surface area (Å²) in [4.78, 5) is 25.7. The highest BCUT2D eigenvalue weighted by atomic mass is 16.5. The lowest BCUT2D eigenvalue weighted by Gasteiger charge is -2.18. The van der Waals surface area contributed by atoms with Gasteiger partial charge in [0, 0.05) is 23.6 Å². The molecule has 1 unspecified atom stereocenters. The first-order valence-electron chi connectivity index (χ1n) is 11.2. The summed E-state index contributed by atoms with van der Waals surface area (Å²) >= 11 is 0. The van der Waals surface area contributed by atoms with Crippen LogP contribution >= 0.6 is 0 Å². The fourth-order valence-electron chi connectivity index (χ4n) is 3.79. The van der Waals surface area contributed by atoms with Crippen LogP contribution < -0.4 is 11.1 Å². The molecule has 4 rings (SSSR count). The molecular formula is C25H30N4O3. The first-order valence-corrected chi connectivity index (χ1v) is 11.2. The number of hydrogen-bond acceptors (Lipinski definition) is 5. The van der Waals surface area contributed by atoms with Crippen molar-refractivity contribution in [1.29, 1.82) is 0 Å². The van der Waals surface area contributed by atoms with Gasteiger partial charge in [0.2, 0.25) is 0 Å². The molecule has 1 amide bonds. The third-order valence-corrected chi connectivity index (χ3v) is 5.72. The molecule has 0 radical (unpaired) electrons. The highest BCUT2D eigenvalue weighted by Gasteiger charge is 2.25. The first-order chi connectivity index (χ1) is 15.4. The lowest BCUT2D eigenvalue weighted by molar-refractivity contribution is 0.0950. The van der Waals surface area contributed by atoms with Crippen LogP contribution in [0.2, 0.25) is 0 Å². The number of nitrogens with zero attached hydrogens (tertiary/aromatic N) is 2. The predicted molar refractivity (Wildman–Crippen MR) is 124 cm³/mol. The number of allylic oxidation sites excluding steroid dienone is 4. The second-order valence-electron chi connectivity index (χ2n) is 8.70. The van der Waals surface area contributed by atoms with E-state index >= 15 is 0 Å². The van der Waals surface area contributed by atoms with Gasteiger partial charge in [-0.3, -0.25) is 9.59 Å². The molecular weight excluding hydrogens is 404 g/mol. The summed E-state index contributed by atoms with van der Waals surface area (Å²) in [5.74, 6) is 0.980. The SMILES string of the molecule is CCCOC1=CC(C(=O)c2cnn(-c3cc(C(=O)NC4CC4)ccc3C)c2N)=CC(C)C1. The smallest absolute Gasteiger partial charge is 0.251 e. The van der Waals surface area contributed by atoms with Crippen LogP contribution in [0.3, 0.4) is 0 Å². The summed E-state index contributed by atoms with van der Waals surface area (Å²) < 4.78 is 7.31. The molecule has 0 bridgehead atoms. The molecule has 32 heavy (non-hydrogen) atoms. The van der Waals surface area contributed by atoms with E-state index in [0.29, 0.717) is 29.0 Å².